The minimum atomic E-state index is 0.503. The lowest BCUT2D eigenvalue weighted by molar-refractivity contribution is 0.238. The van der Waals surface area contributed by atoms with E-state index in [0.717, 1.165) is 35.4 Å². The maximum absolute atomic E-state index is 6.19. The van der Waals surface area contributed by atoms with Crippen molar-refractivity contribution in [2.45, 2.75) is 33.1 Å². The largest absolute Gasteiger partial charge is 0.397 e. The van der Waals surface area contributed by atoms with Crippen LogP contribution in [-0.4, -0.2) is 23.3 Å². The molecular formula is C15H22N4. The fourth-order valence-electron chi connectivity index (χ4n) is 2.91. The number of rotatable bonds is 2. The van der Waals surface area contributed by atoms with Crippen molar-refractivity contribution in [3.05, 3.63) is 18.3 Å². The molecule has 4 heteroatoms. The molecule has 3 N–H and O–H groups in total. The van der Waals surface area contributed by atoms with Crippen LogP contribution in [0.4, 0.5) is 11.4 Å². The zero-order valence-corrected chi connectivity index (χ0v) is 11.7. The zero-order chi connectivity index (χ0) is 13.5. The summed E-state index contributed by atoms with van der Waals surface area (Å²) in [5.41, 5.74) is 9.76. The van der Waals surface area contributed by atoms with E-state index < -0.39 is 0 Å². The molecule has 0 atom stereocenters. The van der Waals surface area contributed by atoms with E-state index in [2.05, 4.69) is 35.0 Å². The lowest BCUT2D eigenvalue weighted by atomic mass is 9.78. The molecule has 102 valence electrons. The number of nitrogens with two attached hydrogens (primary N) is 1. The van der Waals surface area contributed by atoms with E-state index in [1.807, 2.05) is 12.3 Å². The van der Waals surface area contributed by atoms with Crippen molar-refractivity contribution in [2.75, 3.05) is 23.7 Å². The average Bonchev–Trinajstić information content (AvgIpc) is 2.86. The summed E-state index contributed by atoms with van der Waals surface area (Å²) in [5, 5.41) is 8.17. The first-order valence-corrected chi connectivity index (χ1v) is 7.09. The zero-order valence-electron chi connectivity index (χ0n) is 11.7. The number of anilines is 2. The Hall–Kier alpha value is -1.71. The molecule has 2 heterocycles. The molecule has 1 saturated heterocycles. The van der Waals surface area contributed by atoms with Crippen molar-refractivity contribution in [2.24, 2.45) is 5.41 Å². The van der Waals surface area contributed by atoms with Crippen LogP contribution in [-0.2, 0) is 0 Å². The van der Waals surface area contributed by atoms with Gasteiger partial charge in [0, 0.05) is 18.5 Å². The van der Waals surface area contributed by atoms with Crippen LogP contribution in [0.3, 0.4) is 0 Å². The number of aromatic nitrogens is 2. The Bertz CT molecular complexity index is 579. The highest BCUT2D eigenvalue weighted by atomic mass is 15.2. The van der Waals surface area contributed by atoms with Gasteiger partial charge in [-0.15, -0.1) is 0 Å². The van der Waals surface area contributed by atoms with Gasteiger partial charge in [-0.2, -0.15) is 5.10 Å². The number of benzene rings is 1. The highest BCUT2D eigenvalue weighted by molar-refractivity contribution is 5.88. The van der Waals surface area contributed by atoms with Gasteiger partial charge in [-0.3, -0.25) is 5.10 Å². The van der Waals surface area contributed by atoms with Gasteiger partial charge in [0.25, 0.3) is 0 Å². The van der Waals surface area contributed by atoms with Gasteiger partial charge < -0.3 is 10.6 Å². The fraction of sp³-hybridized carbons (Fsp3) is 0.533. The number of aromatic amines is 1. The van der Waals surface area contributed by atoms with Crippen LogP contribution >= 0.6 is 0 Å². The standard InChI is InChI=1S/C15H22N4/c1-3-15(2)4-6-19(7-5-15)14-9-13-11(8-12(14)16)10-17-18-13/h8-10H,3-7,16H2,1-2H3,(H,17,18). The van der Waals surface area contributed by atoms with Gasteiger partial charge in [0.15, 0.2) is 0 Å². The first-order chi connectivity index (χ1) is 9.11. The van der Waals surface area contributed by atoms with Crippen LogP contribution in [0.2, 0.25) is 0 Å². The fourth-order valence-corrected chi connectivity index (χ4v) is 2.91. The maximum atomic E-state index is 6.19. The van der Waals surface area contributed by atoms with E-state index in [9.17, 15) is 0 Å². The van der Waals surface area contributed by atoms with Gasteiger partial charge in [0.1, 0.15) is 0 Å². The molecule has 1 aromatic heterocycles. The lowest BCUT2D eigenvalue weighted by Crippen LogP contribution is -2.38. The van der Waals surface area contributed by atoms with E-state index >= 15 is 0 Å². The molecule has 0 radical (unpaired) electrons. The van der Waals surface area contributed by atoms with Crippen molar-refractivity contribution in [1.29, 1.82) is 0 Å². The quantitative estimate of drug-likeness (QED) is 0.813. The van der Waals surface area contributed by atoms with E-state index in [-0.39, 0.29) is 0 Å². The number of hydrogen-bond donors (Lipinski definition) is 2. The summed E-state index contributed by atoms with van der Waals surface area (Å²) in [6.45, 7) is 6.87. The van der Waals surface area contributed by atoms with E-state index in [1.165, 1.54) is 19.3 Å². The minimum Gasteiger partial charge on any atom is -0.397 e. The van der Waals surface area contributed by atoms with E-state index in [0.29, 0.717) is 5.41 Å². The molecule has 0 unspecified atom stereocenters. The third-order valence-electron chi connectivity index (χ3n) is 4.75. The first kappa shape index (κ1) is 12.3. The predicted octanol–water partition coefficient (Wildman–Crippen LogP) is 3.16. The van der Waals surface area contributed by atoms with Gasteiger partial charge in [-0.05, 0) is 30.4 Å². The number of H-pyrrole nitrogens is 1. The topological polar surface area (TPSA) is 57.9 Å². The van der Waals surface area contributed by atoms with E-state index in [1.54, 1.807) is 0 Å². The SMILES string of the molecule is CCC1(C)CCN(c2cc3[nH]ncc3cc2N)CC1. The van der Waals surface area contributed by atoms with Crippen LogP contribution in [0, 0.1) is 5.41 Å². The van der Waals surface area contributed by atoms with Gasteiger partial charge in [0.05, 0.1) is 23.1 Å². The summed E-state index contributed by atoms with van der Waals surface area (Å²) < 4.78 is 0. The molecule has 4 nitrogen and oxygen atoms in total. The third-order valence-corrected chi connectivity index (χ3v) is 4.75. The molecule has 0 saturated carbocycles. The molecular weight excluding hydrogens is 236 g/mol. The molecule has 1 aliphatic heterocycles. The summed E-state index contributed by atoms with van der Waals surface area (Å²) >= 11 is 0. The van der Waals surface area contributed by atoms with Gasteiger partial charge in [-0.1, -0.05) is 20.3 Å². The van der Waals surface area contributed by atoms with Gasteiger partial charge in [0.2, 0.25) is 0 Å². The molecule has 0 aliphatic carbocycles. The second-order valence-electron chi connectivity index (χ2n) is 6.02. The number of nitrogens with zero attached hydrogens (tertiary/aromatic N) is 2. The summed E-state index contributed by atoms with van der Waals surface area (Å²) in [5.74, 6) is 0. The lowest BCUT2D eigenvalue weighted by Gasteiger charge is -2.40. The normalized spacial score (nSPS) is 18.9. The Morgan fingerprint density at radius 2 is 2.11 bits per heavy atom. The molecule has 0 bridgehead atoms. The smallest absolute Gasteiger partial charge is 0.0672 e. The summed E-state index contributed by atoms with van der Waals surface area (Å²) in [6, 6.07) is 4.15. The summed E-state index contributed by atoms with van der Waals surface area (Å²) in [7, 11) is 0. The number of nitrogen functional groups attached to an aromatic ring is 1. The van der Waals surface area contributed by atoms with Crippen molar-refractivity contribution in [3.8, 4) is 0 Å². The highest BCUT2D eigenvalue weighted by Crippen LogP contribution is 2.37. The van der Waals surface area contributed by atoms with Crippen LogP contribution in [0.25, 0.3) is 10.9 Å². The molecule has 1 aliphatic rings. The van der Waals surface area contributed by atoms with Crippen LogP contribution in [0.1, 0.15) is 33.1 Å². The summed E-state index contributed by atoms with van der Waals surface area (Å²) in [4.78, 5) is 2.41. The molecule has 2 aromatic rings. The molecule has 19 heavy (non-hydrogen) atoms. The second-order valence-corrected chi connectivity index (χ2v) is 6.02. The van der Waals surface area contributed by atoms with Crippen LogP contribution < -0.4 is 10.6 Å². The van der Waals surface area contributed by atoms with E-state index in [4.69, 9.17) is 5.73 Å². The number of fused-ring (bicyclic) bond motifs is 1. The highest BCUT2D eigenvalue weighted by Gasteiger charge is 2.29. The van der Waals surface area contributed by atoms with Crippen molar-refractivity contribution in [3.63, 3.8) is 0 Å². The third kappa shape index (κ3) is 2.15. The first-order valence-electron chi connectivity index (χ1n) is 7.09. The Morgan fingerprint density at radius 3 is 2.79 bits per heavy atom. The Kier molecular flexibility index (Phi) is 2.88. The molecule has 0 spiro atoms. The van der Waals surface area contributed by atoms with Crippen molar-refractivity contribution in [1.82, 2.24) is 10.2 Å². The Labute approximate surface area is 114 Å². The van der Waals surface area contributed by atoms with Crippen LogP contribution in [0.15, 0.2) is 18.3 Å². The second kappa shape index (κ2) is 4.44. The molecule has 3 rings (SSSR count). The number of piperidine rings is 1. The van der Waals surface area contributed by atoms with Gasteiger partial charge in [-0.25, -0.2) is 0 Å². The predicted molar refractivity (Wildman–Crippen MR) is 80.4 cm³/mol. The molecule has 1 fully saturated rings. The summed E-state index contributed by atoms with van der Waals surface area (Å²) in [6.07, 6.45) is 5.56. The monoisotopic (exact) mass is 258 g/mol. The van der Waals surface area contributed by atoms with Gasteiger partial charge >= 0.3 is 0 Å². The Balaban J connectivity index is 1.87. The number of hydrogen-bond acceptors (Lipinski definition) is 3. The van der Waals surface area contributed by atoms with Crippen molar-refractivity contribution >= 4 is 22.3 Å². The average molecular weight is 258 g/mol. The van der Waals surface area contributed by atoms with Crippen LogP contribution in [0.5, 0.6) is 0 Å². The molecule has 1 aromatic carbocycles. The molecule has 0 amide bonds. The Morgan fingerprint density at radius 1 is 1.37 bits per heavy atom. The number of nitrogens with one attached hydrogen (secondary N) is 1. The minimum absolute atomic E-state index is 0.503. The maximum Gasteiger partial charge on any atom is 0.0672 e. The van der Waals surface area contributed by atoms with Crippen molar-refractivity contribution < 1.29 is 0 Å².